The van der Waals surface area contributed by atoms with E-state index in [1.54, 1.807) is 0 Å². The third kappa shape index (κ3) is 4.31. The van der Waals surface area contributed by atoms with E-state index >= 15 is 0 Å². The van der Waals surface area contributed by atoms with E-state index in [4.69, 9.17) is 10.5 Å². The smallest absolute Gasteiger partial charge is 0.265 e. The topological polar surface area (TPSA) is 89.3 Å². The number of thiazole rings is 1. The van der Waals surface area contributed by atoms with E-state index in [1.807, 2.05) is 13.8 Å². The van der Waals surface area contributed by atoms with E-state index in [0.717, 1.165) is 26.1 Å². The maximum absolute atomic E-state index is 12.3. The lowest BCUT2D eigenvalue weighted by Crippen LogP contribution is -2.39. The molecule has 1 saturated heterocycles. The number of nitrogens with two attached hydrogens (primary N) is 1. The molecule has 21 heavy (non-hydrogen) atoms. The van der Waals surface area contributed by atoms with Gasteiger partial charge in [-0.25, -0.2) is 4.98 Å². The zero-order valence-electron chi connectivity index (χ0n) is 12.9. The van der Waals surface area contributed by atoms with E-state index < -0.39 is 0 Å². The first kappa shape index (κ1) is 16.0. The van der Waals surface area contributed by atoms with Crippen LogP contribution >= 0.6 is 11.3 Å². The molecule has 0 aliphatic carbocycles. The maximum Gasteiger partial charge on any atom is 0.265 e. The maximum atomic E-state index is 12.3. The number of carbonyl (C=O) groups is 1. The molecule has 1 aliphatic rings. The minimum atomic E-state index is -0.144. The molecule has 0 saturated carbocycles. The van der Waals surface area contributed by atoms with Gasteiger partial charge in [0.1, 0.15) is 10.7 Å². The summed E-state index contributed by atoms with van der Waals surface area (Å²) in [5, 5.41) is 6.83. The number of amides is 1. The fourth-order valence-corrected chi connectivity index (χ4v) is 3.17. The lowest BCUT2D eigenvalue weighted by molar-refractivity contribution is 0.0239. The van der Waals surface area contributed by atoms with E-state index in [1.165, 1.54) is 11.3 Å². The molecule has 1 amide bonds. The van der Waals surface area contributed by atoms with Gasteiger partial charge < -0.3 is 21.1 Å². The van der Waals surface area contributed by atoms with Gasteiger partial charge in [-0.1, -0.05) is 18.3 Å². The number of hydrogen-bond acceptors (Lipinski definition) is 6. The van der Waals surface area contributed by atoms with Gasteiger partial charge in [0.15, 0.2) is 5.13 Å². The molecular weight excluding hydrogens is 288 g/mol. The van der Waals surface area contributed by atoms with Crippen molar-refractivity contribution in [2.45, 2.75) is 39.7 Å². The Balaban J connectivity index is 1.95. The SMILES string of the molecule is CC(C)Nc1nc(N)c(C(=O)NCC2(C)CCOCC2)s1. The highest BCUT2D eigenvalue weighted by atomic mass is 32.1. The first-order valence-corrected chi connectivity index (χ1v) is 8.10. The molecule has 7 heteroatoms. The molecule has 118 valence electrons. The quantitative estimate of drug-likeness (QED) is 0.774. The fraction of sp³-hybridized carbons (Fsp3) is 0.714. The van der Waals surface area contributed by atoms with Crippen LogP contribution in [0.5, 0.6) is 0 Å². The molecule has 1 aromatic rings. The lowest BCUT2D eigenvalue weighted by Gasteiger charge is -2.33. The summed E-state index contributed by atoms with van der Waals surface area (Å²) in [6.45, 7) is 8.37. The van der Waals surface area contributed by atoms with E-state index in [-0.39, 0.29) is 23.2 Å². The van der Waals surface area contributed by atoms with Gasteiger partial charge in [0.25, 0.3) is 5.91 Å². The highest BCUT2D eigenvalue weighted by Gasteiger charge is 2.28. The molecule has 0 aromatic carbocycles. The number of nitrogen functional groups attached to an aromatic ring is 1. The second-order valence-electron chi connectivity index (χ2n) is 6.14. The van der Waals surface area contributed by atoms with Gasteiger partial charge in [-0.2, -0.15) is 0 Å². The molecule has 6 nitrogen and oxygen atoms in total. The zero-order chi connectivity index (χ0) is 15.5. The summed E-state index contributed by atoms with van der Waals surface area (Å²) >= 11 is 1.30. The number of nitrogens with one attached hydrogen (secondary N) is 2. The Morgan fingerprint density at radius 1 is 1.48 bits per heavy atom. The second-order valence-corrected chi connectivity index (χ2v) is 7.14. The predicted octanol–water partition coefficient (Wildman–Crippen LogP) is 2.09. The summed E-state index contributed by atoms with van der Waals surface area (Å²) in [6.07, 6.45) is 1.93. The molecule has 1 fully saturated rings. The number of aromatic nitrogens is 1. The Morgan fingerprint density at radius 3 is 2.76 bits per heavy atom. The van der Waals surface area contributed by atoms with Crippen LogP contribution < -0.4 is 16.4 Å². The molecule has 0 unspecified atom stereocenters. The van der Waals surface area contributed by atoms with Crippen LogP contribution in [-0.4, -0.2) is 36.7 Å². The molecule has 1 aromatic heterocycles. The summed E-state index contributed by atoms with van der Waals surface area (Å²) in [6, 6.07) is 0.257. The minimum Gasteiger partial charge on any atom is -0.382 e. The van der Waals surface area contributed by atoms with Crippen molar-refractivity contribution in [3.63, 3.8) is 0 Å². The van der Waals surface area contributed by atoms with Crippen molar-refractivity contribution in [1.82, 2.24) is 10.3 Å². The average molecular weight is 312 g/mol. The Hall–Kier alpha value is -1.34. The molecule has 0 bridgehead atoms. The average Bonchev–Trinajstić information content (AvgIpc) is 2.77. The third-order valence-corrected chi connectivity index (χ3v) is 4.65. The highest BCUT2D eigenvalue weighted by Crippen LogP contribution is 2.30. The molecule has 1 aliphatic heterocycles. The van der Waals surface area contributed by atoms with Crippen molar-refractivity contribution in [2.75, 3.05) is 30.8 Å². The van der Waals surface area contributed by atoms with Crippen LogP contribution in [0.1, 0.15) is 43.3 Å². The number of anilines is 2. The van der Waals surface area contributed by atoms with Crippen molar-refractivity contribution in [3.05, 3.63) is 4.88 Å². The molecule has 2 rings (SSSR count). The standard InChI is InChI=1S/C14H24N4O2S/c1-9(2)17-13-18-11(15)10(21-13)12(19)16-8-14(3)4-6-20-7-5-14/h9H,4-8,15H2,1-3H3,(H,16,19)(H,17,18). The molecule has 0 atom stereocenters. The summed E-state index contributed by atoms with van der Waals surface area (Å²) in [5.41, 5.74) is 5.94. The van der Waals surface area contributed by atoms with Gasteiger partial charge >= 0.3 is 0 Å². The van der Waals surface area contributed by atoms with E-state index in [0.29, 0.717) is 16.6 Å². The number of nitrogens with zero attached hydrogens (tertiary/aromatic N) is 1. The largest absolute Gasteiger partial charge is 0.382 e. The second kappa shape index (κ2) is 6.62. The van der Waals surface area contributed by atoms with Gasteiger partial charge in [-0.3, -0.25) is 4.79 Å². The number of rotatable bonds is 5. The van der Waals surface area contributed by atoms with E-state index in [2.05, 4.69) is 22.5 Å². The summed E-state index contributed by atoms with van der Waals surface area (Å²) in [5.74, 6) is 0.146. The van der Waals surface area contributed by atoms with Crippen LogP contribution in [0, 0.1) is 5.41 Å². The Kier molecular flexibility index (Phi) is 5.05. The molecule has 2 heterocycles. The predicted molar refractivity (Wildman–Crippen MR) is 85.8 cm³/mol. The lowest BCUT2D eigenvalue weighted by atomic mass is 9.82. The van der Waals surface area contributed by atoms with Crippen LogP contribution in [0.4, 0.5) is 10.9 Å². The first-order valence-electron chi connectivity index (χ1n) is 7.28. The molecular formula is C14H24N4O2S. The Labute approximate surface area is 129 Å². The van der Waals surface area contributed by atoms with Crippen molar-refractivity contribution in [1.29, 1.82) is 0 Å². The highest BCUT2D eigenvalue weighted by molar-refractivity contribution is 7.18. The van der Waals surface area contributed by atoms with Crippen LogP contribution in [0.3, 0.4) is 0 Å². The normalized spacial score (nSPS) is 17.7. The van der Waals surface area contributed by atoms with Gasteiger partial charge in [-0.05, 0) is 32.1 Å². The Morgan fingerprint density at radius 2 is 2.14 bits per heavy atom. The molecule has 0 radical (unpaired) electrons. The van der Waals surface area contributed by atoms with Crippen molar-refractivity contribution < 1.29 is 9.53 Å². The first-order chi connectivity index (χ1) is 9.89. The fourth-order valence-electron chi connectivity index (χ4n) is 2.22. The van der Waals surface area contributed by atoms with Crippen molar-refractivity contribution in [2.24, 2.45) is 5.41 Å². The third-order valence-electron chi connectivity index (χ3n) is 3.65. The Bertz CT molecular complexity index is 495. The minimum absolute atomic E-state index is 0.104. The van der Waals surface area contributed by atoms with Gasteiger partial charge in [0.2, 0.25) is 0 Å². The van der Waals surface area contributed by atoms with E-state index in [9.17, 15) is 4.79 Å². The van der Waals surface area contributed by atoms with Crippen LogP contribution in [-0.2, 0) is 4.74 Å². The summed E-state index contributed by atoms with van der Waals surface area (Å²) in [7, 11) is 0. The summed E-state index contributed by atoms with van der Waals surface area (Å²) in [4.78, 5) is 16.9. The summed E-state index contributed by atoms with van der Waals surface area (Å²) < 4.78 is 5.37. The van der Waals surface area contributed by atoms with Crippen LogP contribution in [0.25, 0.3) is 0 Å². The number of ether oxygens (including phenoxy) is 1. The molecule has 4 N–H and O–H groups in total. The number of carbonyl (C=O) groups excluding carboxylic acids is 1. The van der Waals surface area contributed by atoms with Crippen molar-refractivity contribution in [3.8, 4) is 0 Å². The van der Waals surface area contributed by atoms with Gasteiger partial charge in [0.05, 0.1) is 0 Å². The van der Waals surface area contributed by atoms with Gasteiger partial charge in [0, 0.05) is 25.8 Å². The number of hydrogen-bond donors (Lipinski definition) is 3. The zero-order valence-corrected chi connectivity index (χ0v) is 13.7. The van der Waals surface area contributed by atoms with Crippen LogP contribution in [0.2, 0.25) is 0 Å². The monoisotopic (exact) mass is 312 g/mol. The molecule has 0 spiro atoms. The van der Waals surface area contributed by atoms with Gasteiger partial charge in [-0.15, -0.1) is 0 Å². The van der Waals surface area contributed by atoms with Crippen LogP contribution in [0.15, 0.2) is 0 Å². The van der Waals surface area contributed by atoms with Crippen molar-refractivity contribution >= 4 is 28.2 Å².